The van der Waals surface area contributed by atoms with Gasteiger partial charge in [-0.15, -0.1) is 0 Å². The van der Waals surface area contributed by atoms with E-state index in [1.807, 2.05) is 0 Å². The predicted octanol–water partition coefficient (Wildman–Crippen LogP) is -5.64. The van der Waals surface area contributed by atoms with E-state index in [2.05, 4.69) is 0 Å². The van der Waals surface area contributed by atoms with Gasteiger partial charge in [-0.3, -0.25) is 0 Å². The second-order valence-corrected chi connectivity index (χ2v) is 5.07. The van der Waals surface area contributed by atoms with E-state index in [0.717, 1.165) is 0 Å². The Morgan fingerprint density at radius 2 is 1.64 bits per heavy atom. The maximum atomic E-state index is 11.3. The van der Waals surface area contributed by atoms with Gasteiger partial charge in [-0.2, -0.15) is 0 Å². The summed E-state index contributed by atoms with van der Waals surface area (Å²) in [6.45, 7) is -1.98. The van der Waals surface area contributed by atoms with Gasteiger partial charge in [-0.05, 0) is 0 Å². The van der Waals surface area contributed by atoms with Crippen molar-refractivity contribution >= 4 is 5.97 Å². The minimum atomic E-state index is -3.32. The molecule has 11 nitrogen and oxygen atoms in total. The smallest absolute Gasteiger partial charge is 0.341 e. The lowest BCUT2D eigenvalue weighted by atomic mass is 9.80. The summed E-state index contributed by atoms with van der Waals surface area (Å²) in [5, 5.41) is 85.2. The molecule has 0 aromatic rings. The van der Waals surface area contributed by atoms with E-state index in [1.165, 1.54) is 0 Å². The molecule has 0 spiro atoms. The summed E-state index contributed by atoms with van der Waals surface area (Å²) in [6, 6.07) is 0. The summed E-state index contributed by atoms with van der Waals surface area (Å²) in [4.78, 5) is 11.3. The van der Waals surface area contributed by atoms with Crippen LogP contribution in [0.5, 0.6) is 0 Å². The fourth-order valence-corrected chi connectivity index (χ4v) is 2.28. The quantitative estimate of drug-likeness (QED) is 0.224. The van der Waals surface area contributed by atoms with E-state index in [0.29, 0.717) is 0 Å². The molecule has 130 valence electrons. The lowest BCUT2D eigenvalue weighted by molar-refractivity contribution is -0.289. The third-order valence-corrected chi connectivity index (χ3v) is 3.67. The molecule has 1 aliphatic rings. The number of rotatable bonds is 6. The van der Waals surface area contributed by atoms with Crippen LogP contribution in [-0.2, 0) is 9.53 Å². The largest absolute Gasteiger partial charge is 0.479 e. The van der Waals surface area contributed by atoms with Gasteiger partial charge in [0, 0.05) is 0 Å². The SMILES string of the molecule is O=C(O)[C@](O)(C1O[C@H](CO)[C@@H](O)[C@H](O)[C@H]1O)[C@H](O)[C@H](O)CO. The fraction of sp³-hybridized carbons (Fsp3) is 0.909. The average molecular weight is 328 g/mol. The summed E-state index contributed by atoms with van der Waals surface area (Å²) < 4.78 is 4.88. The molecule has 1 heterocycles. The highest BCUT2D eigenvalue weighted by Gasteiger charge is 2.60. The molecule has 0 aromatic heterocycles. The van der Waals surface area contributed by atoms with Crippen LogP contribution in [0.15, 0.2) is 0 Å². The van der Waals surface area contributed by atoms with Crippen LogP contribution < -0.4 is 0 Å². The fourth-order valence-electron chi connectivity index (χ4n) is 2.28. The van der Waals surface area contributed by atoms with Crippen LogP contribution in [0.1, 0.15) is 0 Å². The third kappa shape index (κ3) is 3.08. The number of carboxylic acids is 1. The molecule has 0 aliphatic carbocycles. The average Bonchev–Trinajstić information content (AvgIpc) is 2.50. The Morgan fingerprint density at radius 1 is 1.09 bits per heavy atom. The molecule has 0 radical (unpaired) electrons. The van der Waals surface area contributed by atoms with Gasteiger partial charge in [-0.25, -0.2) is 4.79 Å². The van der Waals surface area contributed by atoms with Crippen LogP contribution in [0.4, 0.5) is 0 Å². The van der Waals surface area contributed by atoms with Gasteiger partial charge in [0.25, 0.3) is 0 Å². The van der Waals surface area contributed by atoms with Crippen molar-refractivity contribution in [2.75, 3.05) is 13.2 Å². The van der Waals surface area contributed by atoms with Crippen LogP contribution in [-0.4, -0.2) is 113 Å². The molecule has 0 amide bonds. The topological polar surface area (TPSA) is 208 Å². The van der Waals surface area contributed by atoms with Gasteiger partial charge in [0.15, 0.2) is 0 Å². The van der Waals surface area contributed by atoms with E-state index >= 15 is 0 Å². The summed E-state index contributed by atoms with van der Waals surface area (Å²) in [7, 11) is 0. The molecule has 1 aliphatic heterocycles. The summed E-state index contributed by atoms with van der Waals surface area (Å²) in [6.07, 6.45) is -14.2. The standard InChI is InChI=1S/C11H20O11/c12-1-3(14)8(18)11(21,10(19)20)9-7(17)6(16)5(15)4(2-13)22-9/h3-9,12-18,21H,1-2H2,(H,19,20)/t3-,4-,5-,6+,7-,8-,9?,11-/m1/s1. The molecule has 0 bridgehead atoms. The molecule has 8 atom stereocenters. The Bertz CT molecular complexity index is 388. The Kier molecular flexibility index (Phi) is 6.20. The number of ether oxygens (including phenoxy) is 1. The zero-order valence-corrected chi connectivity index (χ0v) is 11.3. The van der Waals surface area contributed by atoms with Gasteiger partial charge in [0.05, 0.1) is 13.2 Å². The monoisotopic (exact) mass is 328 g/mol. The summed E-state index contributed by atoms with van der Waals surface area (Å²) in [5.74, 6) is -2.11. The van der Waals surface area contributed by atoms with Crippen LogP contribution in [0.2, 0.25) is 0 Å². The van der Waals surface area contributed by atoms with Crippen molar-refractivity contribution in [3.8, 4) is 0 Å². The van der Waals surface area contributed by atoms with Crippen LogP contribution in [0.25, 0.3) is 0 Å². The molecule has 0 saturated carbocycles. The first-order valence-corrected chi connectivity index (χ1v) is 6.36. The number of hydrogen-bond donors (Lipinski definition) is 9. The number of carboxylic acid groups (broad SMARTS) is 1. The Hall–Kier alpha value is -0.890. The maximum absolute atomic E-state index is 11.3. The van der Waals surface area contributed by atoms with E-state index in [1.54, 1.807) is 0 Å². The molecule has 11 heteroatoms. The number of aliphatic hydroxyl groups is 8. The van der Waals surface area contributed by atoms with E-state index in [-0.39, 0.29) is 0 Å². The maximum Gasteiger partial charge on any atom is 0.341 e. The van der Waals surface area contributed by atoms with Crippen LogP contribution >= 0.6 is 0 Å². The first kappa shape index (κ1) is 19.2. The summed E-state index contributed by atoms with van der Waals surface area (Å²) >= 11 is 0. The molecule has 1 rings (SSSR count). The van der Waals surface area contributed by atoms with Crippen molar-refractivity contribution < 1.29 is 55.5 Å². The highest BCUT2D eigenvalue weighted by Crippen LogP contribution is 2.32. The Morgan fingerprint density at radius 3 is 2.05 bits per heavy atom. The third-order valence-electron chi connectivity index (χ3n) is 3.67. The van der Waals surface area contributed by atoms with Crippen molar-refractivity contribution in [3.63, 3.8) is 0 Å². The van der Waals surface area contributed by atoms with Crippen molar-refractivity contribution in [2.45, 2.75) is 48.3 Å². The second-order valence-electron chi connectivity index (χ2n) is 5.07. The number of carbonyl (C=O) groups is 1. The molecular formula is C11H20O11. The highest BCUT2D eigenvalue weighted by atomic mass is 16.6. The molecule has 0 aromatic carbocycles. The van der Waals surface area contributed by atoms with E-state index < -0.39 is 67.5 Å². The molecule has 1 saturated heterocycles. The lowest BCUT2D eigenvalue weighted by Crippen LogP contribution is -2.72. The molecule has 9 N–H and O–H groups in total. The Labute approximate surface area is 124 Å². The van der Waals surface area contributed by atoms with Gasteiger partial charge in [0.1, 0.15) is 42.7 Å². The molecule has 22 heavy (non-hydrogen) atoms. The highest BCUT2D eigenvalue weighted by molar-refractivity contribution is 5.79. The first-order valence-electron chi connectivity index (χ1n) is 6.36. The minimum Gasteiger partial charge on any atom is -0.479 e. The van der Waals surface area contributed by atoms with E-state index in [4.69, 9.17) is 20.1 Å². The zero-order chi connectivity index (χ0) is 17.2. The first-order chi connectivity index (χ1) is 10.1. The van der Waals surface area contributed by atoms with Crippen molar-refractivity contribution in [3.05, 3.63) is 0 Å². The van der Waals surface area contributed by atoms with Gasteiger partial charge in [0.2, 0.25) is 5.60 Å². The lowest BCUT2D eigenvalue weighted by Gasteiger charge is -2.46. The van der Waals surface area contributed by atoms with Crippen LogP contribution in [0, 0.1) is 0 Å². The van der Waals surface area contributed by atoms with Gasteiger partial charge >= 0.3 is 5.97 Å². The van der Waals surface area contributed by atoms with Crippen LogP contribution in [0.3, 0.4) is 0 Å². The summed E-state index contributed by atoms with van der Waals surface area (Å²) in [5.41, 5.74) is -3.32. The number of aliphatic hydroxyl groups excluding tert-OH is 7. The number of hydrogen-bond acceptors (Lipinski definition) is 10. The minimum absolute atomic E-state index is 0.879. The van der Waals surface area contributed by atoms with Gasteiger partial charge < -0.3 is 50.7 Å². The zero-order valence-electron chi connectivity index (χ0n) is 11.3. The van der Waals surface area contributed by atoms with Gasteiger partial charge in [-0.1, -0.05) is 0 Å². The normalized spacial score (nSPS) is 38.1. The Balaban J connectivity index is 3.22. The molecule has 1 fully saturated rings. The second kappa shape index (κ2) is 7.12. The van der Waals surface area contributed by atoms with E-state index in [9.17, 15) is 35.4 Å². The van der Waals surface area contributed by atoms with Crippen molar-refractivity contribution in [1.29, 1.82) is 0 Å². The van der Waals surface area contributed by atoms with Crippen molar-refractivity contribution in [2.24, 2.45) is 0 Å². The predicted molar refractivity (Wildman–Crippen MR) is 65.5 cm³/mol. The molecule has 1 unspecified atom stereocenters. The van der Waals surface area contributed by atoms with Crippen molar-refractivity contribution in [1.82, 2.24) is 0 Å². The molecular weight excluding hydrogens is 308 g/mol. The number of aliphatic carboxylic acids is 1.